The van der Waals surface area contributed by atoms with Gasteiger partial charge in [-0.3, -0.25) is 0 Å². The van der Waals surface area contributed by atoms with Gasteiger partial charge in [0.15, 0.2) is 0 Å². The number of anilines is 2. The molecule has 1 aliphatic heterocycles. The number of aryl methyl sites for hydroxylation is 1. The molecule has 0 amide bonds. The third-order valence-electron chi connectivity index (χ3n) is 5.76. The molecule has 30 heavy (non-hydrogen) atoms. The molecule has 156 valence electrons. The molecule has 5 heteroatoms. The van der Waals surface area contributed by atoms with Gasteiger partial charge in [-0.15, -0.1) is 0 Å². The zero-order chi connectivity index (χ0) is 20.9. The number of benzene rings is 2. The molecule has 4 rings (SSSR count). The predicted molar refractivity (Wildman–Crippen MR) is 126 cm³/mol. The Hall–Kier alpha value is -2.56. The summed E-state index contributed by atoms with van der Waals surface area (Å²) in [5.41, 5.74) is 6.16. The molecule has 2 N–H and O–H groups in total. The Morgan fingerprint density at radius 2 is 2.00 bits per heavy atom. The lowest BCUT2D eigenvalue weighted by Crippen LogP contribution is -2.27. The van der Waals surface area contributed by atoms with Gasteiger partial charge in [-0.1, -0.05) is 48.9 Å². The quantitative estimate of drug-likeness (QED) is 0.551. The van der Waals surface area contributed by atoms with Crippen LogP contribution in [0.5, 0.6) is 0 Å². The van der Waals surface area contributed by atoms with E-state index in [0.29, 0.717) is 17.5 Å². The molecule has 0 saturated carbocycles. The highest BCUT2D eigenvalue weighted by molar-refractivity contribution is 6.32. The third-order valence-corrected chi connectivity index (χ3v) is 6.06. The second-order valence-electron chi connectivity index (χ2n) is 7.78. The van der Waals surface area contributed by atoms with Crippen LogP contribution in [0.2, 0.25) is 5.02 Å². The topological polar surface area (TPSA) is 48.4 Å². The van der Waals surface area contributed by atoms with Gasteiger partial charge >= 0.3 is 0 Å². The Bertz CT molecular complexity index is 1010. The van der Waals surface area contributed by atoms with Crippen LogP contribution in [0.4, 0.5) is 11.5 Å². The molecular weight excluding hydrogens is 394 g/mol. The number of aromatic nitrogens is 1. The lowest BCUT2D eigenvalue weighted by Gasteiger charge is -2.23. The summed E-state index contributed by atoms with van der Waals surface area (Å²) in [6, 6.07) is 19.3. The summed E-state index contributed by atoms with van der Waals surface area (Å²) in [5.74, 6) is 0.743. The van der Waals surface area contributed by atoms with Crippen LogP contribution in [-0.4, -0.2) is 35.8 Å². The van der Waals surface area contributed by atoms with Crippen LogP contribution in [0, 0.1) is 0 Å². The van der Waals surface area contributed by atoms with E-state index in [-0.39, 0.29) is 6.61 Å². The van der Waals surface area contributed by atoms with Gasteiger partial charge in [0.2, 0.25) is 0 Å². The van der Waals surface area contributed by atoms with Gasteiger partial charge in [-0.2, -0.15) is 0 Å². The molecule has 0 radical (unpaired) electrons. The van der Waals surface area contributed by atoms with Crippen LogP contribution in [0.15, 0.2) is 60.8 Å². The minimum Gasteiger partial charge on any atom is -0.396 e. The van der Waals surface area contributed by atoms with Crippen molar-refractivity contribution in [2.24, 2.45) is 0 Å². The largest absolute Gasteiger partial charge is 0.396 e. The second-order valence-corrected chi connectivity index (χ2v) is 8.19. The maximum atomic E-state index is 9.65. The average Bonchev–Trinajstić information content (AvgIpc) is 3.24. The molecular formula is C25H28ClN3O. The first-order valence-electron chi connectivity index (χ1n) is 10.6. The molecule has 2 heterocycles. The van der Waals surface area contributed by atoms with Gasteiger partial charge in [0, 0.05) is 37.6 Å². The fraction of sp³-hybridized carbons (Fsp3) is 0.320. The van der Waals surface area contributed by atoms with Gasteiger partial charge in [0.05, 0.1) is 5.02 Å². The van der Waals surface area contributed by atoms with Crippen LogP contribution in [0.3, 0.4) is 0 Å². The minimum atomic E-state index is 0.143. The molecule has 2 aromatic carbocycles. The average molecular weight is 422 g/mol. The standard InChI is InChI=1S/C25H28ClN3O/c1-2-18-5-3-6-19(15-18)20-8-9-24(21(16-20)11-14-30)29-13-10-22(17-29)28-25-23(26)7-4-12-27-25/h3-9,12,15-16,22,30H,2,10-11,13-14,17H2,1H3,(H,27,28)/t22-/m0/s1. The number of halogens is 1. The van der Waals surface area contributed by atoms with Crippen LogP contribution in [0.25, 0.3) is 11.1 Å². The van der Waals surface area contributed by atoms with Crippen molar-refractivity contribution >= 4 is 23.1 Å². The summed E-state index contributed by atoms with van der Waals surface area (Å²) >= 11 is 6.25. The fourth-order valence-electron chi connectivity index (χ4n) is 4.15. The number of aliphatic hydroxyl groups is 1. The van der Waals surface area contributed by atoms with E-state index in [0.717, 1.165) is 31.7 Å². The van der Waals surface area contributed by atoms with E-state index in [2.05, 4.69) is 64.6 Å². The minimum absolute atomic E-state index is 0.143. The summed E-state index contributed by atoms with van der Waals surface area (Å²) < 4.78 is 0. The van der Waals surface area contributed by atoms with Crippen molar-refractivity contribution in [3.63, 3.8) is 0 Å². The van der Waals surface area contributed by atoms with E-state index in [1.165, 1.54) is 27.9 Å². The van der Waals surface area contributed by atoms with E-state index in [1.54, 1.807) is 6.20 Å². The summed E-state index contributed by atoms with van der Waals surface area (Å²) in [7, 11) is 0. The summed E-state index contributed by atoms with van der Waals surface area (Å²) in [5, 5.41) is 13.8. The molecule has 0 aliphatic carbocycles. The first-order chi connectivity index (χ1) is 14.7. The van der Waals surface area contributed by atoms with Crippen LogP contribution < -0.4 is 10.2 Å². The Kier molecular flexibility index (Phi) is 6.56. The van der Waals surface area contributed by atoms with Crippen molar-refractivity contribution in [2.75, 3.05) is 29.9 Å². The molecule has 4 nitrogen and oxygen atoms in total. The number of aliphatic hydroxyl groups excluding tert-OH is 1. The molecule has 0 unspecified atom stereocenters. The Morgan fingerprint density at radius 3 is 2.80 bits per heavy atom. The number of hydrogen-bond acceptors (Lipinski definition) is 4. The summed E-state index contributed by atoms with van der Waals surface area (Å²) in [4.78, 5) is 6.75. The lowest BCUT2D eigenvalue weighted by molar-refractivity contribution is 0.299. The van der Waals surface area contributed by atoms with E-state index >= 15 is 0 Å². The molecule has 1 fully saturated rings. The first kappa shape index (κ1) is 20.7. The first-order valence-corrected chi connectivity index (χ1v) is 11.0. The zero-order valence-electron chi connectivity index (χ0n) is 17.3. The second kappa shape index (κ2) is 9.50. The Labute approximate surface area is 183 Å². The number of pyridine rings is 1. The van der Waals surface area contributed by atoms with Gasteiger partial charge in [-0.05, 0) is 65.8 Å². The molecule has 1 atom stereocenters. The fourth-order valence-corrected chi connectivity index (χ4v) is 4.32. The SMILES string of the molecule is CCc1cccc(-c2ccc(N3CC[C@H](Nc4ncccc4Cl)C3)c(CCO)c2)c1. The van der Waals surface area contributed by atoms with E-state index in [4.69, 9.17) is 11.6 Å². The van der Waals surface area contributed by atoms with Crippen molar-refractivity contribution in [1.82, 2.24) is 4.98 Å². The molecule has 1 aliphatic rings. The number of rotatable bonds is 7. The van der Waals surface area contributed by atoms with Crippen molar-refractivity contribution in [1.29, 1.82) is 0 Å². The van der Waals surface area contributed by atoms with Crippen LogP contribution in [0.1, 0.15) is 24.5 Å². The summed E-state index contributed by atoms with van der Waals surface area (Å²) in [6.45, 7) is 4.17. The van der Waals surface area contributed by atoms with Crippen LogP contribution >= 0.6 is 11.6 Å². The predicted octanol–water partition coefficient (Wildman–Crippen LogP) is 5.19. The third kappa shape index (κ3) is 4.61. The number of nitrogens with zero attached hydrogens (tertiary/aromatic N) is 2. The van der Waals surface area contributed by atoms with Crippen molar-refractivity contribution in [3.05, 3.63) is 76.9 Å². The maximum absolute atomic E-state index is 9.65. The van der Waals surface area contributed by atoms with Crippen molar-refractivity contribution in [3.8, 4) is 11.1 Å². The lowest BCUT2D eigenvalue weighted by atomic mass is 9.98. The number of hydrogen-bond donors (Lipinski definition) is 2. The molecule has 0 bridgehead atoms. The monoisotopic (exact) mass is 421 g/mol. The highest BCUT2D eigenvalue weighted by Gasteiger charge is 2.25. The van der Waals surface area contributed by atoms with Crippen molar-refractivity contribution in [2.45, 2.75) is 32.2 Å². The van der Waals surface area contributed by atoms with E-state index < -0.39 is 0 Å². The van der Waals surface area contributed by atoms with E-state index in [1.807, 2.05) is 12.1 Å². The zero-order valence-corrected chi connectivity index (χ0v) is 18.1. The number of nitrogens with one attached hydrogen (secondary N) is 1. The highest BCUT2D eigenvalue weighted by atomic mass is 35.5. The highest BCUT2D eigenvalue weighted by Crippen LogP contribution is 2.31. The molecule has 1 saturated heterocycles. The smallest absolute Gasteiger partial charge is 0.145 e. The summed E-state index contributed by atoms with van der Waals surface area (Å²) in [6.07, 6.45) is 4.45. The normalized spacial score (nSPS) is 16.1. The van der Waals surface area contributed by atoms with Crippen LogP contribution in [-0.2, 0) is 12.8 Å². The molecule has 3 aromatic rings. The van der Waals surface area contributed by atoms with Gasteiger partial charge in [-0.25, -0.2) is 4.98 Å². The van der Waals surface area contributed by atoms with E-state index in [9.17, 15) is 5.11 Å². The van der Waals surface area contributed by atoms with Crippen molar-refractivity contribution < 1.29 is 5.11 Å². The Balaban J connectivity index is 1.54. The van der Waals surface area contributed by atoms with Gasteiger partial charge in [0.1, 0.15) is 5.82 Å². The molecule has 0 spiro atoms. The molecule has 1 aromatic heterocycles. The van der Waals surface area contributed by atoms with Gasteiger partial charge < -0.3 is 15.3 Å². The maximum Gasteiger partial charge on any atom is 0.145 e. The van der Waals surface area contributed by atoms with Gasteiger partial charge in [0.25, 0.3) is 0 Å². The Morgan fingerprint density at radius 1 is 1.13 bits per heavy atom.